The zero-order chi connectivity index (χ0) is 12.1. The van der Waals surface area contributed by atoms with Gasteiger partial charge in [-0.1, -0.05) is 6.07 Å². The average molecular weight is 221 g/mol. The summed E-state index contributed by atoms with van der Waals surface area (Å²) in [5.41, 5.74) is 12.0. The number of hydrogen-bond donors (Lipinski definition) is 4. The van der Waals surface area contributed by atoms with Gasteiger partial charge < -0.3 is 21.7 Å². The first-order valence-electron chi connectivity index (χ1n) is 4.96. The molecule has 6 N–H and O–H groups in total. The third-order valence-electron chi connectivity index (χ3n) is 2.36. The Balaban J connectivity index is 2.89. The highest BCUT2D eigenvalue weighted by atomic mass is 16.3. The first-order chi connectivity index (χ1) is 7.60. The van der Waals surface area contributed by atoms with E-state index in [-0.39, 0.29) is 0 Å². The summed E-state index contributed by atoms with van der Waals surface area (Å²) >= 11 is 0. The molecule has 1 aromatic rings. The Labute approximate surface area is 93.9 Å². The highest BCUT2D eigenvalue weighted by molar-refractivity contribution is 5.55. The largest absolute Gasteiger partial charge is 0.398 e. The molecule has 0 aliphatic carbocycles. The van der Waals surface area contributed by atoms with Gasteiger partial charge >= 0.3 is 0 Å². The second-order valence-electron chi connectivity index (χ2n) is 3.55. The van der Waals surface area contributed by atoms with Crippen LogP contribution in [-0.4, -0.2) is 22.9 Å². The van der Waals surface area contributed by atoms with Crippen LogP contribution in [0.2, 0.25) is 0 Å². The monoisotopic (exact) mass is 221 g/mol. The number of hydrogen-bond acceptors (Lipinski definition) is 5. The Kier molecular flexibility index (Phi) is 4.26. The summed E-state index contributed by atoms with van der Waals surface area (Å²) in [7, 11) is 0. The number of aliphatic hydroxyl groups excluding tert-OH is 2. The van der Waals surface area contributed by atoms with Crippen LogP contribution in [0.1, 0.15) is 23.7 Å². The van der Waals surface area contributed by atoms with Crippen molar-refractivity contribution in [1.82, 2.24) is 0 Å². The van der Waals surface area contributed by atoms with Gasteiger partial charge in [-0.05, 0) is 30.7 Å². The van der Waals surface area contributed by atoms with Crippen molar-refractivity contribution in [2.24, 2.45) is 5.73 Å². The Bertz CT molecular complexity index is 401. The van der Waals surface area contributed by atoms with E-state index in [0.29, 0.717) is 29.8 Å². The number of nitrogens with two attached hydrogens (primary N) is 2. The Hall–Kier alpha value is -1.61. The zero-order valence-electron chi connectivity index (χ0n) is 8.80. The van der Waals surface area contributed by atoms with E-state index in [1.54, 1.807) is 6.07 Å². The van der Waals surface area contributed by atoms with Crippen LogP contribution in [0.25, 0.3) is 0 Å². The molecule has 0 heterocycles. The summed E-state index contributed by atoms with van der Waals surface area (Å²) in [6, 6.07) is 6.50. The number of nitrogen functional groups attached to an aromatic ring is 1. The molecule has 0 aliphatic heterocycles. The van der Waals surface area contributed by atoms with E-state index >= 15 is 0 Å². The maximum Gasteiger partial charge on any atom is 0.105 e. The van der Waals surface area contributed by atoms with Crippen LogP contribution in [-0.2, 0) is 0 Å². The number of benzene rings is 1. The van der Waals surface area contributed by atoms with Gasteiger partial charge in [-0.15, -0.1) is 0 Å². The van der Waals surface area contributed by atoms with Crippen LogP contribution in [0.4, 0.5) is 5.69 Å². The lowest BCUT2D eigenvalue weighted by atomic mass is 10.00. The predicted molar refractivity (Wildman–Crippen MR) is 60.2 cm³/mol. The molecule has 0 aromatic heterocycles. The number of anilines is 1. The second-order valence-corrected chi connectivity index (χ2v) is 3.55. The van der Waals surface area contributed by atoms with E-state index in [0.717, 1.165) is 0 Å². The van der Waals surface area contributed by atoms with Gasteiger partial charge in [-0.25, -0.2) is 0 Å². The van der Waals surface area contributed by atoms with E-state index in [1.807, 2.05) is 6.07 Å². The van der Waals surface area contributed by atoms with E-state index in [4.69, 9.17) is 16.7 Å². The molecule has 2 atom stereocenters. The fourth-order valence-corrected chi connectivity index (χ4v) is 1.42. The van der Waals surface area contributed by atoms with Crippen LogP contribution in [0.5, 0.6) is 0 Å². The van der Waals surface area contributed by atoms with Gasteiger partial charge in [0, 0.05) is 5.69 Å². The number of nitrogens with zero attached hydrogens (tertiary/aromatic N) is 1. The molecule has 0 radical (unpaired) electrons. The van der Waals surface area contributed by atoms with Crippen molar-refractivity contribution in [1.29, 1.82) is 5.26 Å². The molecule has 0 aliphatic rings. The molecule has 1 rings (SSSR count). The van der Waals surface area contributed by atoms with E-state index < -0.39 is 12.2 Å². The predicted octanol–water partition coefficient (Wildman–Crippen LogP) is -0.116. The van der Waals surface area contributed by atoms with E-state index in [1.165, 1.54) is 12.1 Å². The van der Waals surface area contributed by atoms with Gasteiger partial charge in [0.25, 0.3) is 0 Å². The molecule has 0 saturated heterocycles. The fraction of sp³-hybridized carbons (Fsp3) is 0.364. The fourth-order valence-electron chi connectivity index (χ4n) is 1.42. The van der Waals surface area contributed by atoms with Crippen LogP contribution in [0.3, 0.4) is 0 Å². The van der Waals surface area contributed by atoms with Crippen LogP contribution in [0.15, 0.2) is 18.2 Å². The van der Waals surface area contributed by atoms with Crippen LogP contribution < -0.4 is 11.5 Å². The Morgan fingerprint density at radius 1 is 1.38 bits per heavy atom. The number of nitriles is 1. The van der Waals surface area contributed by atoms with Gasteiger partial charge in [0.2, 0.25) is 0 Å². The van der Waals surface area contributed by atoms with Crippen molar-refractivity contribution in [3.05, 3.63) is 29.3 Å². The van der Waals surface area contributed by atoms with Crippen LogP contribution in [0, 0.1) is 11.3 Å². The summed E-state index contributed by atoms with van der Waals surface area (Å²) < 4.78 is 0. The molecule has 1 aromatic carbocycles. The highest BCUT2D eigenvalue weighted by Gasteiger charge is 2.18. The quantitative estimate of drug-likeness (QED) is 0.529. The minimum atomic E-state index is -1.03. The van der Waals surface area contributed by atoms with Gasteiger partial charge in [0.05, 0.1) is 11.7 Å². The maximum absolute atomic E-state index is 9.76. The maximum atomic E-state index is 9.76. The molecular formula is C11H15N3O2. The standard InChI is InChI=1S/C11H15N3O2/c12-4-3-10(15)11(16)7-1-2-8(6-13)9(14)5-7/h1-2,5,10-11,15-16H,3-4,12,14H2. The smallest absolute Gasteiger partial charge is 0.105 e. The van der Waals surface area contributed by atoms with Crippen LogP contribution >= 0.6 is 0 Å². The minimum Gasteiger partial charge on any atom is -0.398 e. The molecule has 0 saturated carbocycles. The third kappa shape index (κ3) is 2.70. The second kappa shape index (κ2) is 5.47. The van der Waals surface area contributed by atoms with E-state index in [9.17, 15) is 10.2 Å². The summed E-state index contributed by atoms with van der Waals surface area (Å²) in [4.78, 5) is 0. The first-order valence-corrected chi connectivity index (χ1v) is 4.96. The van der Waals surface area contributed by atoms with Crippen molar-refractivity contribution < 1.29 is 10.2 Å². The normalized spacial score (nSPS) is 14.1. The first kappa shape index (κ1) is 12.5. The lowest BCUT2D eigenvalue weighted by Crippen LogP contribution is -2.21. The van der Waals surface area contributed by atoms with Crippen molar-refractivity contribution in [2.45, 2.75) is 18.6 Å². The molecule has 0 fully saturated rings. The lowest BCUT2D eigenvalue weighted by Gasteiger charge is -2.17. The molecule has 2 unspecified atom stereocenters. The lowest BCUT2D eigenvalue weighted by molar-refractivity contribution is 0.0150. The average Bonchev–Trinajstić information content (AvgIpc) is 2.28. The van der Waals surface area contributed by atoms with Crippen molar-refractivity contribution in [2.75, 3.05) is 12.3 Å². The number of rotatable bonds is 4. The molecule has 16 heavy (non-hydrogen) atoms. The SMILES string of the molecule is N#Cc1ccc(C(O)C(O)CCN)cc1N. The Morgan fingerprint density at radius 3 is 2.56 bits per heavy atom. The molecule has 0 amide bonds. The summed E-state index contributed by atoms with van der Waals surface area (Å²) in [5.74, 6) is 0. The zero-order valence-corrected chi connectivity index (χ0v) is 8.80. The Morgan fingerprint density at radius 2 is 2.06 bits per heavy atom. The molecule has 5 nitrogen and oxygen atoms in total. The third-order valence-corrected chi connectivity index (χ3v) is 2.36. The van der Waals surface area contributed by atoms with Gasteiger partial charge in [0.15, 0.2) is 0 Å². The van der Waals surface area contributed by atoms with E-state index in [2.05, 4.69) is 0 Å². The van der Waals surface area contributed by atoms with Gasteiger partial charge in [-0.2, -0.15) is 5.26 Å². The molecule has 86 valence electrons. The molecule has 5 heteroatoms. The minimum absolute atomic E-state index is 0.291. The summed E-state index contributed by atoms with van der Waals surface area (Å²) in [6.45, 7) is 0.296. The molecule has 0 bridgehead atoms. The molecular weight excluding hydrogens is 206 g/mol. The van der Waals surface area contributed by atoms with Crippen molar-refractivity contribution in [3.63, 3.8) is 0 Å². The van der Waals surface area contributed by atoms with Crippen molar-refractivity contribution >= 4 is 5.69 Å². The number of aliphatic hydroxyl groups is 2. The van der Waals surface area contributed by atoms with Gasteiger partial charge in [0.1, 0.15) is 12.2 Å². The summed E-state index contributed by atoms with van der Waals surface area (Å²) in [6.07, 6.45) is -1.64. The summed E-state index contributed by atoms with van der Waals surface area (Å²) in [5, 5.41) is 28.0. The highest BCUT2D eigenvalue weighted by Crippen LogP contribution is 2.22. The van der Waals surface area contributed by atoms with Gasteiger partial charge in [-0.3, -0.25) is 0 Å². The van der Waals surface area contributed by atoms with Crippen molar-refractivity contribution in [3.8, 4) is 6.07 Å². The molecule has 0 spiro atoms. The topological polar surface area (TPSA) is 116 Å².